The fourth-order valence-corrected chi connectivity index (χ4v) is 2.88. The van der Waals surface area contributed by atoms with Crippen molar-refractivity contribution in [2.75, 3.05) is 6.54 Å². The van der Waals surface area contributed by atoms with E-state index in [1.165, 1.54) is 58.5 Å². The molecule has 0 N–H and O–H groups in total. The van der Waals surface area contributed by atoms with Gasteiger partial charge in [-0.1, -0.05) is 0 Å². The summed E-state index contributed by atoms with van der Waals surface area (Å²) in [7, 11) is 0. The first-order valence-corrected chi connectivity index (χ1v) is 9.12. The first-order valence-electron chi connectivity index (χ1n) is 9.12. The van der Waals surface area contributed by atoms with E-state index >= 15 is 0 Å². The molecule has 0 aliphatic carbocycles. The summed E-state index contributed by atoms with van der Waals surface area (Å²) in [6.45, 7) is 7.11. The number of rotatable bonds is 5. The Hall–Kier alpha value is -3.82. The van der Waals surface area contributed by atoms with Crippen molar-refractivity contribution in [1.82, 2.24) is 10.0 Å². The number of carbonyl (C=O) groups excluding carboxylic acids is 2. The molecule has 0 aliphatic heterocycles. The summed E-state index contributed by atoms with van der Waals surface area (Å²) in [5.41, 5.74) is -0.725. The van der Waals surface area contributed by atoms with E-state index in [1.54, 1.807) is 27.7 Å². The Morgan fingerprint density at radius 2 is 1.17 bits per heavy atom. The van der Waals surface area contributed by atoms with Crippen LogP contribution in [-0.2, 0) is 0 Å². The third-order valence-corrected chi connectivity index (χ3v) is 4.25. The Kier molecular flexibility index (Phi) is 6.50. The van der Waals surface area contributed by atoms with Gasteiger partial charge in [-0.3, -0.25) is 29.8 Å². The van der Waals surface area contributed by atoms with Gasteiger partial charge in [0.2, 0.25) is 0 Å². The maximum absolute atomic E-state index is 13.2. The minimum absolute atomic E-state index is 0.149. The molecule has 10 nitrogen and oxygen atoms in total. The van der Waals surface area contributed by atoms with E-state index in [0.717, 1.165) is 0 Å². The number of amides is 2. The third-order valence-electron chi connectivity index (χ3n) is 4.25. The van der Waals surface area contributed by atoms with Gasteiger partial charge in [-0.2, -0.15) is 0 Å². The standard InChI is InChI=1S/C20H22N4O6/c1-5-21(18(25)14-6-10-16(11-7-14)23(27)28)22(20(2,3)4)19(26)15-8-12-17(13-9-15)24(29)30/h6-13H,5H2,1-4H3. The van der Waals surface area contributed by atoms with E-state index in [4.69, 9.17) is 0 Å². The number of hydrogen-bond donors (Lipinski definition) is 0. The molecule has 0 atom stereocenters. The van der Waals surface area contributed by atoms with Crippen molar-refractivity contribution >= 4 is 23.2 Å². The number of benzene rings is 2. The average molecular weight is 414 g/mol. The van der Waals surface area contributed by atoms with Crippen LogP contribution in [0.25, 0.3) is 0 Å². The van der Waals surface area contributed by atoms with Crippen LogP contribution in [0.4, 0.5) is 11.4 Å². The number of nitro benzene ring substituents is 2. The van der Waals surface area contributed by atoms with Gasteiger partial charge in [-0.15, -0.1) is 0 Å². The zero-order valence-corrected chi connectivity index (χ0v) is 17.1. The molecule has 0 bridgehead atoms. The summed E-state index contributed by atoms with van der Waals surface area (Å²) in [4.78, 5) is 46.9. The highest BCUT2D eigenvalue weighted by Gasteiger charge is 2.35. The minimum Gasteiger partial charge on any atom is -0.267 e. The monoisotopic (exact) mass is 414 g/mol. The van der Waals surface area contributed by atoms with Crippen molar-refractivity contribution in [2.45, 2.75) is 33.2 Å². The highest BCUT2D eigenvalue weighted by atomic mass is 16.6. The molecule has 30 heavy (non-hydrogen) atoms. The second-order valence-corrected chi connectivity index (χ2v) is 7.42. The van der Waals surface area contributed by atoms with Crippen LogP contribution >= 0.6 is 0 Å². The lowest BCUT2D eigenvalue weighted by Gasteiger charge is -2.43. The summed E-state index contributed by atoms with van der Waals surface area (Å²) in [6, 6.07) is 10.2. The molecule has 2 aromatic rings. The van der Waals surface area contributed by atoms with Crippen molar-refractivity contribution in [1.29, 1.82) is 0 Å². The SMILES string of the molecule is CCN(C(=O)c1ccc([N+](=O)[O-])cc1)N(C(=O)c1ccc([N+](=O)[O-])cc1)C(C)(C)C. The predicted octanol–water partition coefficient (Wildman–Crippen LogP) is 3.82. The van der Waals surface area contributed by atoms with Crippen molar-refractivity contribution in [3.05, 3.63) is 79.9 Å². The molecule has 158 valence electrons. The van der Waals surface area contributed by atoms with Crippen LogP contribution in [0.15, 0.2) is 48.5 Å². The normalized spacial score (nSPS) is 10.9. The number of nitrogens with zero attached hydrogens (tertiary/aromatic N) is 4. The van der Waals surface area contributed by atoms with Gasteiger partial charge in [0.05, 0.1) is 15.4 Å². The number of hydrogen-bond acceptors (Lipinski definition) is 6. The molecule has 0 heterocycles. The van der Waals surface area contributed by atoms with Crippen molar-refractivity contribution in [2.24, 2.45) is 0 Å². The maximum atomic E-state index is 13.2. The number of hydrazine groups is 1. The average Bonchev–Trinajstić information content (AvgIpc) is 2.70. The fourth-order valence-electron chi connectivity index (χ4n) is 2.88. The first-order chi connectivity index (χ1) is 14.0. The van der Waals surface area contributed by atoms with Crippen LogP contribution in [0.1, 0.15) is 48.4 Å². The molecule has 0 aliphatic rings. The highest BCUT2D eigenvalue weighted by molar-refractivity contribution is 5.99. The van der Waals surface area contributed by atoms with Crippen LogP contribution in [-0.4, -0.2) is 43.8 Å². The molecular weight excluding hydrogens is 392 g/mol. The number of nitro groups is 2. The molecule has 0 saturated carbocycles. The maximum Gasteiger partial charge on any atom is 0.272 e. The molecule has 10 heteroatoms. The fraction of sp³-hybridized carbons (Fsp3) is 0.300. The van der Waals surface area contributed by atoms with Gasteiger partial charge in [-0.05, 0) is 52.0 Å². The Bertz CT molecular complexity index is 964. The van der Waals surface area contributed by atoms with Gasteiger partial charge in [0.1, 0.15) is 0 Å². The van der Waals surface area contributed by atoms with Gasteiger partial charge >= 0.3 is 0 Å². The molecule has 2 amide bonds. The van der Waals surface area contributed by atoms with Gasteiger partial charge in [-0.25, -0.2) is 10.0 Å². The molecule has 0 aromatic heterocycles. The molecular formula is C20H22N4O6. The lowest BCUT2D eigenvalue weighted by atomic mass is 10.1. The van der Waals surface area contributed by atoms with E-state index < -0.39 is 27.2 Å². The second-order valence-electron chi connectivity index (χ2n) is 7.42. The van der Waals surface area contributed by atoms with Crippen LogP contribution in [0.5, 0.6) is 0 Å². The quantitative estimate of drug-likeness (QED) is 0.540. The molecule has 0 saturated heterocycles. The molecule has 2 rings (SSSR count). The summed E-state index contributed by atoms with van der Waals surface area (Å²) in [5, 5.41) is 24.2. The lowest BCUT2D eigenvalue weighted by Crippen LogP contribution is -2.58. The Morgan fingerprint density at radius 3 is 1.47 bits per heavy atom. The predicted molar refractivity (Wildman–Crippen MR) is 109 cm³/mol. The van der Waals surface area contributed by atoms with Crippen LogP contribution < -0.4 is 0 Å². The van der Waals surface area contributed by atoms with Gasteiger partial charge in [0.25, 0.3) is 23.2 Å². The minimum atomic E-state index is -0.800. The van der Waals surface area contributed by atoms with E-state index in [-0.39, 0.29) is 29.0 Å². The zero-order valence-electron chi connectivity index (χ0n) is 17.1. The van der Waals surface area contributed by atoms with E-state index in [9.17, 15) is 29.8 Å². The summed E-state index contributed by atoms with van der Waals surface area (Å²) in [5.74, 6) is -1.01. The molecule has 0 spiro atoms. The lowest BCUT2D eigenvalue weighted by molar-refractivity contribution is -0.385. The van der Waals surface area contributed by atoms with Gasteiger partial charge in [0.15, 0.2) is 0 Å². The number of carbonyl (C=O) groups is 2. The van der Waals surface area contributed by atoms with Crippen molar-refractivity contribution in [3.63, 3.8) is 0 Å². The summed E-state index contributed by atoms with van der Waals surface area (Å²) in [6.07, 6.45) is 0. The van der Waals surface area contributed by atoms with E-state index in [2.05, 4.69) is 0 Å². The third kappa shape index (κ3) is 4.77. The zero-order chi connectivity index (χ0) is 22.6. The van der Waals surface area contributed by atoms with E-state index in [1.807, 2.05) is 0 Å². The van der Waals surface area contributed by atoms with Crippen molar-refractivity contribution in [3.8, 4) is 0 Å². The van der Waals surface area contributed by atoms with Crippen LogP contribution in [0.3, 0.4) is 0 Å². The van der Waals surface area contributed by atoms with Crippen molar-refractivity contribution < 1.29 is 19.4 Å². The van der Waals surface area contributed by atoms with Crippen LogP contribution in [0, 0.1) is 20.2 Å². The highest BCUT2D eigenvalue weighted by Crippen LogP contribution is 2.24. The largest absolute Gasteiger partial charge is 0.272 e. The Morgan fingerprint density at radius 1 is 0.800 bits per heavy atom. The second kappa shape index (κ2) is 8.68. The molecule has 0 radical (unpaired) electrons. The van der Waals surface area contributed by atoms with Gasteiger partial charge < -0.3 is 0 Å². The number of non-ortho nitro benzene ring substituents is 2. The Labute approximate surface area is 173 Å². The Balaban J connectivity index is 2.42. The van der Waals surface area contributed by atoms with E-state index in [0.29, 0.717) is 0 Å². The van der Waals surface area contributed by atoms with Crippen LogP contribution in [0.2, 0.25) is 0 Å². The topological polar surface area (TPSA) is 127 Å². The molecule has 0 unspecified atom stereocenters. The first kappa shape index (κ1) is 22.5. The summed E-state index contributed by atoms with van der Waals surface area (Å²) < 4.78 is 0. The van der Waals surface area contributed by atoms with Gasteiger partial charge in [0, 0.05) is 41.9 Å². The smallest absolute Gasteiger partial charge is 0.267 e. The molecule has 2 aromatic carbocycles. The molecule has 0 fully saturated rings. The summed E-state index contributed by atoms with van der Waals surface area (Å²) >= 11 is 0.